The molecule has 0 aromatic heterocycles. The van der Waals surface area contributed by atoms with Gasteiger partial charge in [-0.15, -0.1) is 0 Å². The van der Waals surface area contributed by atoms with Crippen LogP contribution in [0.4, 0.5) is 0 Å². The SMILES string of the molecule is CCOC(=O)[C@@H]1CCC[C@H]1NCc1ccccc1. The average molecular weight is 247 g/mol. The zero-order chi connectivity index (χ0) is 12.8. The lowest BCUT2D eigenvalue weighted by molar-refractivity contribution is -0.148. The zero-order valence-electron chi connectivity index (χ0n) is 10.9. The van der Waals surface area contributed by atoms with Crippen LogP contribution in [0.25, 0.3) is 0 Å². The van der Waals surface area contributed by atoms with Crippen LogP contribution < -0.4 is 5.32 Å². The molecule has 1 N–H and O–H groups in total. The number of hydrogen-bond donors (Lipinski definition) is 1. The first-order chi connectivity index (χ1) is 8.81. The van der Waals surface area contributed by atoms with E-state index in [9.17, 15) is 4.79 Å². The van der Waals surface area contributed by atoms with Gasteiger partial charge >= 0.3 is 5.97 Å². The van der Waals surface area contributed by atoms with Gasteiger partial charge in [0.15, 0.2) is 0 Å². The molecular weight excluding hydrogens is 226 g/mol. The molecule has 0 radical (unpaired) electrons. The standard InChI is InChI=1S/C15H21NO2/c1-2-18-15(17)13-9-6-10-14(13)16-11-12-7-4-3-5-8-12/h3-5,7-8,13-14,16H,2,6,9-11H2,1H3/t13-,14-/m1/s1. The molecule has 1 aromatic carbocycles. The summed E-state index contributed by atoms with van der Waals surface area (Å²) in [4.78, 5) is 11.8. The lowest BCUT2D eigenvalue weighted by atomic mass is 10.0. The summed E-state index contributed by atoms with van der Waals surface area (Å²) in [6.45, 7) is 3.15. The number of rotatable bonds is 5. The number of carbonyl (C=O) groups excluding carboxylic acids is 1. The summed E-state index contributed by atoms with van der Waals surface area (Å²) >= 11 is 0. The maximum Gasteiger partial charge on any atom is 0.310 e. The predicted molar refractivity (Wildman–Crippen MR) is 71.0 cm³/mol. The van der Waals surface area contributed by atoms with Gasteiger partial charge in [0.1, 0.15) is 0 Å². The summed E-state index contributed by atoms with van der Waals surface area (Å²) < 4.78 is 5.13. The fourth-order valence-corrected chi connectivity index (χ4v) is 2.58. The van der Waals surface area contributed by atoms with Crippen LogP contribution in [0.2, 0.25) is 0 Å². The molecular formula is C15H21NO2. The smallest absolute Gasteiger partial charge is 0.310 e. The van der Waals surface area contributed by atoms with Crippen LogP contribution in [0, 0.1) is 5.92 Å². The monoisotopic (exact) mass is 247 g/mol. The van der Waals surface area contributed by atoms with Crippen molar-refractivity contribution in [1.29, 1.82) is 0 Å². The Morgan fingerprint density at radius 2 is 2.11 bits per heavy atom. The van der Waals surface area contributed by atoms with Gasteiger partial charge in [-0.05, 0) is 25.3 Å². The van der Waals surface area contributed by atoms with E-state index in [1.54, 1.807) is 0 Å². The molecule has 1 aromatic rings. The molecule has 1 aliphatic rings. The van der Waals surface area contributed by atoms with Crippen molar-refractivity contribution in [2.75, 3.05) is 6.61 Å². The largest absolute Gasteiger partial charge is 0.466 e. The molecule has 0 unspecified atom stereocenters. The van der Waals surface area contributed by atoms with E-state index in [0.717, 1.165) is 25.8 Å². The lowest BCUT2D eigenvalue weighted by Gasteiger charge is -2.19. The van der Waals surface area contributed by atoms with E-state index in [1.807, 2.05) is 25.1 Å². The first-order valence-electron chi connectivity index (χ1n) is 6.75. The fraction of sp³-hybridized carbons (Fsp3) is 0.533. The lowest BCUT2D eigenvalue weighted by Crippen LogP contribution is -2.36. The van der Waals surface area contributed by atoms with Crippen molar-refractivity contribution in [2.45, 2.75) is 38.8 Å². The molecule has 0 spiro atoms. The Kier molecular flexibility index (Phi) is 4.76. The summed E-state index contributed by atoms with van der Waals surface area (Å²) in [5.74, 6) is -0.00535. The van der Waals surface area contributed by atoms with Gasteiger partial charge in [0.2, 0.25) is 0 Å². The van der Waals surface area contributed by atoms with Crippen LogP contribution in [0.1, 0.15) is 31.7 Å². The highest BCUT2D eigenvalue weighted by Gasteiger charge is 2.33. The van der Waals surface area contributed by atoms with Crippen molar-refractivity contribution in [1.82, 2.24) is 5.32 Å². The Balaban J connectivity index is 1.86. The van der Waals surface area contributed by atoms with Crippen LogP contribution in [-0.2, 0) is 16.1 Å². The molecule has 0 bridgehead atoms. The number of hydrogen-bond acceptors (Lipinski definition) is 3. The minimum Gasteiger partial charge on any atom is -0.466 e. The van der Waals surface area contributed by atoms with Gasteiger partial charge in [-0.1, -0.05) is 36.8 Å². The highest BCUT2D eigenvalue weighted by atomic mass is 16.5. The van der Waals surface area contributed by atoms with Gasteiger partial charge < -0.3 is 10.1 Å². The van der Waals surface area contributed by atoms with Crippen LogP contribution in [0.5, 0.6) is 0 Å². The van der Waals surface area contributed by atoms with Crippen LogP contribution in [0.15, 0.2) is 30.3 Å². The summed E-state index contributed by atoms with van der Waals surface area (Å²) in [6, 6.07) is 10.6. The topological polar surface area (TPSA) is 38.3 Å². The predicted octanol–water partition coefficient (Wildman–Crippen LogP) is 2.51. The van der Waals surface area contributed by atoms with Crippen LogP contribution >= 0.6 is 0 Å². The highest BCUT2D eigenvalue weighted by Crippen LogP contribution is 2.27. The number of ether oxygens (including phenoxy) is 1. The van der Waals surface area contributed by atoms with Gasteiger partial charge in [-0.2, -0.15) is 0 Å². The number of benzene rings is 1. The van der Waals surface area contributed by atoms with Gasteiger partial charge in [0.25, 0.3) is 0 Å². The zero-order valence-corrected chi connectivity index (χ0v) is 10.9. The van der Waals surface area contributed by atoms with Crippen LogP contribution in [0.3, 0.4) is 0 Å². The van der Waals surface area contributed by atoms with Gasteiger partial charge in [-0.25, -0.2) is 0 Å². The molecule has 18 heavy (non-hydrogen) atoms. The van der Waals surface area contributed by atoms with E-state index >= 15 is 0 Å². The molecule has 3 nitrogen and oxygen atoms in total. The molecule has 2 atom stereocenters. The van der Waals surface area contributed by atoms with E-state index in [4.69, 9.17) is 4.74 Å². The Morgan fingerprint density at radius 3 is 2.83 bits per heavy atom. The maximum atomic E-state index is 11.8. The summed E-state index contributed by atoms with van der Waals surface area (Å²) in [5, 5.41) is 3.49. The highest BCUT2D eigenvalue weighted by molar-refractivity contribution is 5.73. The Labute approximate surface area is 109 Å². The number of nitrogens with one attached hydrogen (secondary N) is 1. The third-order valence-corrected chi connectivity index (χ3v) is 3.52. The second-order valence-corrected chi connectivity index (χ2v) is 4.76. The minimum absolute atomic E-state index is 0.0358. The third-order valence-electron chi connectivity index (χ3n) is 3.52. The quantitative estimate of drug-likeness (QED) is 0.812. The first kappa shape index (κ1) is 13.1. The van der Waals surface area contributed by atoms with Gasteiger partial charge in [-0.3, -0.25) is 4.79 Å². The van der Waals surface area contributed by atoms with Crippen molar-refractivity contribution in [3.8, 4) is 0 Å². The summed E-state index contributed by atoms with van der Waals surface area (Å²) in [7, 11) is 0. The van der Waals surface area contributed by atoms with E-state index in [1.165, 1.54) is 5.56 Å². The van der Waals surface area contributed by atoms with E-state index in [0.29, 0.717) is 6.61 Å². The summed E-state index contributed by atoms with van der Waals surface area (Å²) in [6.07, 6.45) is 3.12. The van der Waals surface area contributed by atoms with Gasteiger partial charge in [0.05, 0.1) is 12.5 Å². The Bertz CT molecular complexity index is 377. The van der Waals surface area contributed by atoms with Crippen molar-refractivity contribution >= 4 is 5.97 Å². The van der Waals surface area contributed by atoms with E-state index in [-0.39, 0.29) is 17.9 Å². The molecule has 1 fully saturated rings. The molecule has 1 saturated carbocycles. The van der Waals surface area contributed by atoms with Gasteiger partial charge in [0, 0.05) is 12.6 Å². The Morgan fingerprint density at radius 1 is 1.33 bits per heavy atom. The molecule has 0 amide bonds. The van der Waals surface area contributed by atoms with Crippen molar-refractivity contribution in [3.63, 3.8) is 0 Å². The van der Waals surface area contributed by atoms with Crippen molar-refractivity contribution in [2.24, 2.45) is 5.92 Å². The van der Waals surface area contributed by atoms with Crippen molar-refractivity contribution in [3.05, 3.63) is 35.9 Å². The molecule has 1 aliphatic carbocycles. The van der Waals surface area contributed by atoms with E-state index in [2.05, 4.69) is 17.4 Å². The van der Waals surface area contributed by atoms with E-state index < -0.39 is 0 Å². The number of carbonyl (C=O) groups is 1. The molecule has 0 heterocycles. The molecule has 3 heteroatoms. The summed E-state index contributed by atoms with van der Waals surface area (Å²) in [5.41, 5.74) is 1.26. The Hall–Kier alpha value is -1.35. The second-order valence-electron chi connectivity index (χ2n) is 4.76. The normalized spacial score (nSPS) is 22.9. The number of esters is 1. The first-order valence-corrected chi connectivity index (χ1v) is 6.75. The molecule has 2 rings (SSSR count). The second kappa shape index (κ2) is 6.55. The average Bonchev–Trinajstić information content (AvgIpc) is 2.86. The minimum atomic E-state index is -0.0411. The van der Waals surface area contributed by atoms with Crippen molar-refractivity contribution < 1.29 is 9.53 Å². The fourth-order valence-electron chi connectivity index (χ4n) is 2.58. The molecule has 98 valence electrons. The van der Waals surface area contributed by atoms with Crippen LogP contribution in [-0.4, -0.2) is 18.6 Å². The molecule has 0 saturated heterocycles. The molecule has 0 aliphatic heterocycles. The maximum absolute atomic E-state index is 11.8. The third kappa shape index (κ3) is 3.33.